The Kier molecular flexibility index (Phi) is 5.73. The zero-order valence-electron chi connectivity index (χ0n) is 17.5. The Balaban J connectivity index is 1.15. The second kappa shape index (κ2) is 8.48. The van der Waals surface area contributed by atoms with Crippen molar-refractivity contribution in [3.8, 4) is 0 Å². The number of thioether (sulfide) groups is 1. The highest BCUT2D eigenvalue weighted by molar-refractivity contribution is 7.99. The second-order valence-electron chi connectivity index (χ2n) is 8.90. The van der Waals surface area contributed by atoms with E-state index < -0.39 is 0 Å². The first-order valence-corrected chi connectivity index (χ1v) is 12.1. The third-order valence-corrected chi connectivity index (χ3v) is 8.03. The van der Waals surface area contributed by atoms with Gasteiger partial charge in [0, 0.05) is 55.6 Å². The molecule has 2 unspecified atom stereocenters. The summed E-state index contributed by atoms with van der Waals surface area (Å²) in [7, 11) is 2.13. The Hall–Kier alpha value is -1.64. The molecular weight excluding hydrogens is 401 g/mol. The molecule has 0 aliphatic carbocycles. The van der Waals surface area contributed by atoms with Gasteiger partial charge in [-0.25, -0.2) is 13.9 Å². The maximum Gasteiger partial charge on any atom is 0.346 e. The van der Waals surface area contributed by atoms with Crippen LogP contribution < -0.4 is 5.69 Å². The molecule has 2 atom stereocenters. The number of nitrogens with zero attached hydrogens (tertiary/aromatic N) is 5. The van der Waals surface area contributed by atoms with Gasteiger partial charge in [-0.05, 0) is 45.2 Å². The van der Waals surface area contributed by atoms with Crippen LogP contribution in [-0.4, -0.2) is 61.6 Å². The fourth-order valence-electron chi connectivity index (χ4n) is 5.49. The van der Waals surface area contributed by atoms with Gasteiger partial charge in [0.2, 0.25) is 0 Å². The summed E-state index contributed by atoms with van der Waals surface area (Å²) < 4.78 is 17.5. The number of benzene rings is 1. The van der Waals surface area contributed by atoms with Gasteiger partial charge >= 0.3 is 5.69 Å². The first-order chi connectivity index (χ1) is 14.6. The molecule has 2 aromatic rings. The van der Waals surface area contributed by atoms with Crippen LogP contribution in [-0.2, 0) is 19.6 Å². The molecule has 6 nitrogen and oxygen atoms in total. The van der Waals surface area contributed by atoms with Gasteiger partial charge in [-0.15, -0.1) is 5.10 Å². The predicted octanol–water partition coefficient (Wildman–Crippen LogP) is 2.81. The van der Waals surface area contributed by atoms with E-state index in [1.54, 1.807) is 33.1 Å². The molecule has 0 radical (unpaired) electrons. The van der Waals surface area contributed by atoms with E-state index in [0.717, 1.165) is 48.8 Å². The van der Waals surface area contributed by atoms with Crippen molar-refractivity contribution in [1.82, 2.24) is 24.1 Å². The Labute approximate surface area is 181 Å². The normalized spacial score (nSPS) is 25.9. The van der Waals surface area contributed by atoms with Gasteiger partial charge in [-0.2, -0.15) is 0 Å². The molecule has 2 saturated heterocycles. The largest absolute Gasteiger partial charge is 0.346 e. The van der Waals surface area contributed by atoms with Crippen LogP contribution >= 0.6 is 11.8 Å². The van der Waals surface area contributed by atoms with Gasteiger partial charge < -0.3 is 0 Å². The second-order valence-corrected chi connectivity index (χ2v) is 9.96. The molecule has 5 rings (SSSR count). The van der Waals surface area contributed by atoms with Crippen LogP contribution in [0.2, 0.25) is 0 Å². The molecule has 2 fully saturated rings. The topological polar surface area (TPSA) is 46.3 Å². The third kappa shape index (κ3) is 3.85. The molecule has 0 saturated carbocycles. The SMILES string of the molecule is CN(Cc1ccccc1F)C1CC2CCC(C1)N2CCCn1nc2n(c1=O)CCS2. The number of aryl methyl sites for hydroxylation is 1. The molecule has 0 spiro atoms. The number of hydrogen-bond acceptors (Lipinski definition) is 5. The predicted molar refractivity (Wildman–Crippen MR) is 116 cm³/mol. The van der Waals surface area contributed by atoms with Crippen molar-refractivity contribution >= 4 is 11.8 Å². The molecule has 0 N–H and O–H groups in total. The number of piperidine rings is 1. The van der Waals surface area contributed by atoms with E-state index in [1.165, 1.54) is 12.8 Å². The number of fused-ring (bicyclic) bond motifs is 3. The molecule has 8 heteroatoms. The fourth-order valence-corrected chi connectivity index (χ4v) is 6.43. The standard InChI is InChI=1S/C22H30FN5OS/c1-25(15-16-5-2-3-6-20(16)23)19-13-17-7-8-18(14-19)26(17)9-4-10-28-22(29)27-11-12-30-21(27)24-28/h2-3,5-6,17-19H,4,7-15H2,1H3. The van der Waals surface area contributed by atoms with Gasteiger partial charge in [0.05, 0.1) is 0 Å². The highest BCUT2D eigenvalue weighted by Gasteiger charge is 2.41. The van der Waals surface area contributed by atoms with Gasteiger partial charge in [-0.3, -0.25) is 14.4 Å². The van der Waals surface area contributed by atoms with E-state index in [0.29, 0.717) is 31.2 Å². The van der Waals surface area contributed by atoms with E-state index in [2.05, 4.69) is 21.9 Å². The van der Waals surface area contributed by atoms with Gasteiger partial charge in [-0.1, -0.05) is 30.0 Å². The van der Waals surface area contributed by atoms with E-state index in [1.807, 2.05) is 12.1 Å². The molecular formula is C22H30FN5OS. The lowest BCUT2D eigenvalue weighted by atomic mass is 9.95. The minimum Gasteiger partial charge on any atom is -0.299 e. The van der Waals surface area contributed by atoms with E-state index >= 15 is 0 Å². The van der Waals surface area contributed by atoms with Crippen LogP contribution in [0.1, 0.15) is 37.7 Å². The van der Waals surface area contributed by atoms with Gasteiger partial charge in [0.1, 0.15) is 5.82 Å². The molecule has 0 amide bonds. The minimum absolute atomic E-state index is 0.0476. The van der Waals surface area contributed by atoms with Crippen molar-refractivity contribution in [2.24, 2.45) is 0 Å². The number of halogens is 1. The molecule has 1 aromatic heterocycles. The zero-order chi connectivity index (χ0) is 20.7. The van der Waals surface area contributed by atoms with Crippen molar-refractivity contribution in [2.75, 3.05) is 19.3 Å². The molecule has 30 heavy (non-hydrogen) atoms. The smallest absolute Gasteiger partial charge is 0.299 e. The fraction of sp³-hybridized carbons (Fsp3) is 0.636. The highest BCUT2D eigenvalue weighted by Crippen LogP contribution is 2.37. The maximum atomic E-state index is 14.0. The molecule has 1 aromatic carbocycles. The number of aromatic nitrogens is 3. The third-order valence-electron chi connectivity index (χ3n) is 7.08. The van der Waals surface area contributed by atoms with Crippen LogP contribution in [0.3, 0.4) is 0 Å². The molecule has 3 aliphatic rings. The van der Waals surface area contributed by atoms with Crippen molar-refractivity contribution in [3.05, 3.63) is 46.1 Å². The summed E-state index contributed by atoms with van der Waals surface area (Å²) in [6, 6.07) is 8.83. The lowest BCUT2D eigenvalue weighted by Crippen LogP contribution is -2.49. The Morgan fingerprint density at radius 2 is 1.97 bits per heavy atom. The van der Waals surface area contributed by atoms with Crippen molar-refractivity contribution in [1.29, 1.82) is 0 Å². The molecule has 2 bridgehead atoms. The molecule has 4 heterocycles. The average molecular weight is 432 g/mol. The number of hydrogen-bond donors (Lipinski definition) is 0. The summed E-state index contributed by atoms with van der Waals surface area (Å²) in [5, 5.41) is 5.36. The Morgan fingerprint density at radius 3 is 2.70 bits per heavy atom. The van der Waals surface area contributed by atoms with E-state index in [4.69, 9.17) is 0 Å². The van der Waals surface area contributed by atoms with Crippen LogP contribution in [0, 0.1) is 5.82 Å². The summed E-state index contributed by atoms with van der Waals surface area (Å²) >= 11 is 1.67. The Morgan fingerprint density at radius 1 is 1.20 bits per heavy atom. The first-order valence-electron chi connectivity index (χ1n) is 11.1. The van der Waals surface area contributed by atoms with Crippen LogP contribution in [0.5, 0.6) is 0 Å². The summed E-state index contributed by atoms with van der Waals surface area (Å²) in [4.78, 5) is 17.4. The van der Waals surface area contributed by atoms with E-state index in [9.17, 15) is 9.18 Å². The lowest BCUT2D eigenvalue weighted by molar-refractivity contribution is 0.0653. The van der Waals surface area contributed by atoms with Crippen molar-refractivity contribution < 1.29 is 4.39 Å². The van der Waals surface area contributed by atoms with E-state index in [-0.39, 0.29) is 11.5 Å². The molecule has 3 aliphatic heterocycles. The van der Waals surface area contributed by atoms with Crippen molar-refractivity contribution in [2.45, 2.75) is 75.0 Å². The summed E-state index contributed by atoms with van der Waals surface area (Å²) in [6.45, 7) is 3.19. The van der Waals surface area contributed by atoms with Crippen molar-refractivity contribution in [3.63, 3.8) is 0 Å². The number of rotatable bonds is 7. The van der Waals surface area contributed by atoms with Crippen LogP contribution in [0.15, 0.2) is 34.2 Å². The molecule has 162 valence electrons. The average Bonchev–Trinajstić information content (AvgIpc) is 3.37. The summed E-state index contributed by atoms with van der Waals surface area (Å²) in [5.74, 6) is 0.853. The monoisotopic (exact) mass is 431 g/mol. The lowest BCUT2D eigenvalue weighted by Gasteiger charge is -2.42. The summed E-state index contributed by atoms with van der Waals surface area (Å²) in [5.41, 5.74) is 0.830. The minimum atomic E-state index is -0.108. The quantitative estimate of drug-likeness (QED) is 0.675. The first kappa shape index (κ1) is 20.3. The van der Waals surface area contributed by atoms with Gasteiger partial charge in [0.25, 0.3) is 0 Å². The zero-order valence-corrected chi connectivity index (χ0v) is 18.4. The van der Waals surface area contributed by atoms with Crippen LogP contribution in [0.4, 0.5) is 4.39 Å². The maximum absolute atomic E-state index is 14.0. The Bertz CT molecular complexity index is 945. The van der Waals surface area contributed by atoms with Crippen LogP contribution in [0.25, 0.3) is 0 Å². The van der Waals surface area contributed by atoms with Gasteiger partial charge in [0.15, 0.2) is 5.16 Å². The highest BCUT2D eigenvalue weighted by atomic mass is 32.2. The summed E-state index contributed by atoms with van der Waals surface area (Å²) in [6.07, 6.45) is 5.77.